The van der Waals surface area contributed by atoms with Crippen LogP contribution in [-0.4, -0.2) is 78.6 Å². The molecule has 15 heteroatoms. The van der Waals surface area contributed by atoms with Gasteiger partial charge in [0, 0.05) is 43.8 Å². The number of benzene rings is 2. The number of nitrogens with two attached hydrogens (primary N) is 3. The second-order valence-electron chi connectivity index (χ2n) is 8.69. The molecule has 0 spiro atoms. The summed E-state index contributed by atoms with van der Waals surface area (Å²) in [4.78, 5) is 37.7. The number of nitrogens with one attached hydrogen (secondary N) is 2. The number of rotatable bonds is 12. The Morgan fingerprint density at radius 1 is 1.00 bits per heavy atom. The van der Waals surface area contributed by atoms with Gasteiger partial charge in [0.25, 0.3) is 0 Å². The van der Waals surface area contributed by atoms with E-state index in [1.54, 1.807) is 19.1 Å². The number of anilines is 1. The summed E-state index contributed by atoms with van der Waals surface area (Å²) in [6, 6.07) is 10.2. The van der Waals surface area contributed by atoms with Crippen molar-refractivity contribution in [2.45, 2.75) is 32.0 Å². The molecule has 1 atom stereocenters. The van der Waals surface area contributed by atoms with Crippen molar-refractivity contribution in [2.24, 2.45) is 17.2 Å². The number of carbonyl (C=O) groups excluding carboxylic acids is 3. The van der Waals surface area contributed by atoms with Gasteiger partial charge in [-0.05, 0) is 31.5 Å². The minimum Gasteiger partial charge on any atom is -0.423 e. The molecule has 2 rings (SSSR count). The van der Waals surface area contributed by atoms with Crippen LogP contribution in [-0.2, 0) is 20.6 Å². The molecule has 0 saturated carbocycles. The second-order valence-corrected chi connectivity index (χ2v) is 8.69. The fourth-order valence-electron chi connectivity index (χ4n) is 3.31. The molecule has 0 aromatic heterocycles. The third kappa shape index (κ3) is 12.6. The Kier molecular flexibility index (Phi) is 14.9. The van der Waals surface area contributed by atoms with E-state index in [-0.39, 0.29) is 36.4 Å². The summed E-state index contributed by atoms with van der Waals surface area (Å²) >= 11 is 0. The lowest BCUT2D eigenvalue weighted by Gasteiger charge is -2.22. The molecule has 0 aliphatic rings. The first-order valence-corrected chi connectivity index (χ1v) is 12.4. The molecule has 0 bridgehead atoms. The van der Waals surface area contributed by atoms with Crippen molar-refractivity contribution < 1.29 is 37.6 Å². The van der Waals surface area contributed by atoms with E-state index in [4.69, 9.17) is 17.2 Å². The van der Waals surface area contributed by atoms with Crippen molar-refractivity contribution in [1.29, 1.82) is 0 Å². The van der Waals surface area contributed by atoms with Crippen molar-refractivity contribution in [1.82, 2.24) is 10.2 Å². The van der Waals surface area contributed by atoms with Gasteiger partial charge in [-0.15, -0.1) is 0 Å². The predicted molar refractivity (Wildman–Crippen MR) is 146 cm³/mol. The van der Waals surface area contributed by atoms with Gasteiger partial charge in [0.15, 0.2) is 0 Å². The van der Waals surface area contributed by atoms with Crippen molar-refractivity contribution in [3.05, 3.63) is 59.7 Å². The van der Waals surface area contributed by atoms with Gasteiger partial charge in [-0.2, -0.15) is 13.2 Å². The summed E-state index contributed by atoms with van der Waals surface area (Å²) in [6.45, 7) is 2.76. The van der Waals surface area contributed by atoms with E-state index in [1.807, 2.05) is 0 Å². The molecule has 3 amide bonds. The van der Waals surface area contributed by atoms with Crippen LogP contribution in [0.15, 0.2) is 48.5 Å². The quantitative estimate of drug-likeness (QED) is 0.163. The Morgan fingerprint density at radius 2 is 1.57 bits per heavy atom. The van der Waals surface area contributed by atoms with E-state index >= 15 is 0 Å². The summed E-state index contributed by atoms with van der Waals surface area (Å²) in [6.07, 6.45) is -4.05. The fraction of sp³-hybridized carbons (Fsp3) is 0.400. The number of alkyl halides is 3. The number of carbonyl (C=O) groups is 3. The fourth-order valence-corrected chi connectivity index (χ4v) is 3.31. The molecule has 0 aliphatic carbocycles. The van der Waals surface area contributed by atoms with Crippen LogP contribution in [0.4, 0.5) is 18.9 Å². The standard InChI is InChI=1S/C17H29BN6O5.C8H7F3/c19-7-9-24(10-8-20)16(26)6-5-13(21)17(27)22-11-15(25)23-14-4-2-1-3-12(14)18(28)29;1-6-2-4-7(5-3-6)8(9,10)11/h1-4,13,28-29H,5-11,19-21H2,(H,22,27)(H,23,25);2-5H,1H3. The van der Waals surface area contributed by atoms with Gasteiger partial charge in [-0.1, -0.05) is 35.9 Å². The maximum Gasteiger partial charge on any atom is 0.490 e. The Balaban J connectivity index is 0.000000603. The van der Waals surface area contributed by atoms with Gasteiger partial charge < -0.3 is 42.8 Å². The lowest BCUT2D eigenvalue weighted by Crippen LogP contribution is -2.45. The highest BCUT2D eigenvalue weighted by atomic mass is 19.4. The minimum absolute atomic E-state index is 0.0581. The third-order valence-electron chi connectivity index (χ3n) is 5.47. The molecule has 220 valence electrons. The van der Waals surface area contributed by atoms with E-state index in [0.717, 1.165) is 17.7 Å². The average Bonchev–Trinajstić information content (AvgIpc) is 2.90. The molecule has 1 unspecified atom stereocenters. The maximum absolute atomic E-state index is 12.1. The van der Waals surface area contributed by atoms with Crippen LogP contribution in [0.5, 0.6) is 0 Å². The minimum atomic E-state index is -4.21. The van der Waals surface area contributed by atoms with Crippen molar-refractivity contribution >= 4 is 36.0 Å². The number of halogens is 3. The number of hydrogen-bond acceptors (Lipinski definition) is 8. The molecular formula is C25H36BF3N6O5. The summed E-state index contributed by atoms with van der Waals surface area (Å²) in [5.41, 5.74) is 17.3. The molecule has 0 fully saturated rings. The summed E-state index contributed by atoms with van der Waals surface area (Å²) < 4.78 is 35.8. The Morgan fingerprint density at radius 3 is 2.10 bits per heavy atom. The van der Waals surface area contributed by atoms with E-state index in [0.29, 0.717) is 26.2 Å². The van der Waals surface area contributed by atoms with E-state index < -0.39 is 36.7 Å². The highest BCUT2D eigenvalue weighted by molar-refractivity contribution is 6.60. The second kappa shape index (κ2) is 17.2. The lowest BCUT2D eigenvalue weighted by molar-refractivity contribution is -0.137. The van der Waals surface area contributed by atoms with Gasteiger partial charge in [0.2, 0.25) is 17.7 Å². The first-order chi connectivity index (χ1) is 18.8. The van der Waals surface area contributed by atoms with Crippen molar-refractivity contribution in [3.63, 3.8) is 0 Å². The van der Waals surface area contributed by atoms with E-state index in [9.17, 15) is 37.6 Å². The lowest BCUT2D eigenvalue weighted by atomic mass is 9.79. The SMILES string of the molecule is Cc1ccc(C(F)(F)F)cc1.NCCN(CCN)C(=O)CCC(N)C(=O)NCC(=O)Nc1ccccc1B(O)O. The molecule has 2 aromatic rings. The Bertz CT molecular complexity index is 1080. The maximum atomic E-state index is 12.1. The largest absolute Gasteiger partial charge is 0.490 e. The predicted octanol–water partition coefficient (Wildman–Crippen LogP) is -0.712. The molecule has 0 heterocycles. The number of nitrogens with zero attached hydrogens (tertiary/aromatic N) is 1. The highest BCUT2D eigenvalue weighted by Gasteiger charge is 2.29. The van der Waals surface area contributed by atoms with Crippen LogP contribution in [0.3, 0.4) is 0 Å². The van der Waals surface area contributed by atoms with Gasteiger partial charge in [-0.25, -0.2) is 0 Å². The zero-order chi connectivity index (χ0) is 30.3. The zero-order valence-electron chi connectivity index (χ0n) is 22.2. The normalized spacial score (nSPS) is 11.5. The molecule has 0 aliphatic heterocycles. The third-order valence-corrected chi connectivity index (χ3v) is 5.47. The molecule has 10 N–H and O–H groups in total. The molecular weight excluding hydrogens is 532 g/mol. The van der Waals surface area contributed by atoms with Gasteiger partial charge in [-0.3, -0.25) is 14.4 Å². The van der Waals surface area contributed by atoms with Crippen LogP contribution < -0.4 is 33.3 Å². The van der Waals surface area contributed by atoms with Crippen LogP contribution in [0.1, 0.15) is 24.0 Å². The Hall–Kier alpha value is -3.50. The summed E-state index contributed by atoms with van der Waals surface area (Å²) in [7, 11) is -1.75. The number of amides is 3. The van der Waals surface area contributed by atoms with Gasteiger partial charge in [0.05, 0.1) is 18.2 Å². The van der Waals surface area contributed by atoms with Crippen LogP contribution in [0, 0.1) is 6.92 Å². The first-order valence-electron chi connectivity index (χ1n) is 12.4. The van der Waals surface area contributed by atoms with Crippen LogP contribution >= 0.6 is 0 Å². The Labute approximate surface area is 231 Å². The summed E-state index contributed by atoms with van der Waals surface area (Å²) in [5.74, 6) is -1.33. The zero-order valence-corrected chi connectivity index (χ0v) is 22.2. The van der Waals surface area contributed by atoms with Crippen molar-refractivity contribution in [3.8, 4) is 0 Å². The number of para-hydroxylation sites is 1. The smallest absolute Gasteiger partial charge is 0.423 e. The van der Waals surface area contributed by atoms with Gasteiger partial charge >= 0.3 is 13.3 Å². The molecule has 11 nitrogen and oxygen atoms in total. The summed E-state index contributed by atoms with van der Waals surface area (Å²) in [5, 5.41) is 23.5. The van der Waals surface area contributed by atoms with E-state index in [2.05, 4.69) is 10.6 Å². The molecule has 0 saturated heterocycles. The average molecular weight is 568 g/mol. The highest BCUT2D eigenvalue weighted by Crippen LogP contribution is 2.28. The number of aryl methyl sites for hydroxylation is 1. The van der Waals surface area contributed by atoms with Gasteiger partial charge in [0.1, 0.15) is 0 Å². The van der Waals surface area contributed by atoms with Crippen LogP contribution in [0.25, 0.3) is 0 Å². The monoisotopic (exact) mass is 568 g/mol. The van der Waals surface area contributed by atoms with Crippen LogP contribution in [0.2, 0.25) is 0 Å². The van der Waals surface area contributed by atoms with E-state index in [1.165, 1.54) is 29.2 Å². The molecule has 0 radical (unpaired) electrons. The molecule has 2 aromatic carbocycles. The first kappa shape index (κ1) is 34.5. The number of hydrogen-bond donors (Lipinski definition) is 7. The van der Waals surface area contributed by atoms with Crippen molar-refractivity contribution in [2.75, 3.05) is 38.0 Å². The molecule has 40 heavy (non-hydrogen) atoms. The topological polar surface area (TPSA) is 197 Å².